The summed E-state index contributed by atoms with van der Waals surface area (Å²) in [6.45, 7) is 6.87. The maximum absolute atomic E-state index is 12.1. The second kappa shape index (κ2) is 6.87. The van der Waals surface area contributed by atoms with Crippen LogP contribution in [0.4, 0.5) is 4.79 Å². The Bertz CT molecular complexity index is 564. The summed E-state index contributed by atoms with van der Waals surface area (Å²) in [5.41, 5.74) is -0.462. The van der Waals surface area contributed by atoms with Gasteiger partial charge in [-0.1, -0.05) is 0 Å². The van der Waals surface area contributed by atoms with Crippen LogP contribution in [0.5, 0.6) is 5.75 Å². The van der Waals surface area contributed by atoms with E-state index in [0.717, 1.165) is 18.7 Å². The van der Waals surface area contributed by atoms with Gasteiger partial charge in [-0.3, -0.25) is 0 Å². The Balaban J connectivity index is 1.90. The van der Waals surface area contributed by atoms with Crippen molar-refractivity contribution in [3.05, 3.63) is 18.5 Å². The first-order chi connectivity index (χ1) is 10.6. The summed E-state index contributed by atoms with van der Waals surface area (Å²) in [6.07, 6.45) is 4.40. The standard InChI is InChI=1S/C14H19N2O3.3CH3.Sn/c1-14(2,3)19-13(17)16-8-6-11(16)10-18-12-5-4-7-15-9-12;;;;/h5,7,9,11H,6,8,10H2,1-3H3;3*1H3;/t11-;;;;/m1..../s1. The molecule has 5 nitrogen and oxygen atoms in total. The molecule has 1 saturated heterocycles. The number of amides is 1. The molecule has 128 valence electrons. The third kappa shape index (κ3) is 5.26. The average Bonchev–Trinajstić information content (AvgIpc) is 2.34. The van der Waals surface area contributed by atoms with Crippen LogP contribution in [0.3, 0.4) is 0 Å². The van der Waals surface area contributed by atoms with Crippen molar-refractivity contribution in [1.29, 1.82) is 0 Å². The van der Waals surface area contributed by atoms with Crippen LogP contribution in [0.1, 0.15) is 27.2 Å². The molecule has 1 aliphatic heterocycles. The van der Waals surface area contributed by atoms with Crippen LogP contribution < -0.4 is 8.32 Å². The Hall–Kier alpha value is -0.981. The fraction of sp³-hybridized carbons (Fsp3) is 0.647. The second-order valence-corrected chi connectivity index (χ2v) is 22.6. The van der Waals surface area contributed by atoms with Crippen LogP contribution in [0.2, 0.25) is 14.8 Å². The molecule has 0 aliphatic carbocycles. The maximum atomic E-state index is 12.1. The Morgan fingerprint density at radius 3 is 2.57 bits per heavy atom. The van der Waals surface area contributed by atoms with Crippen molar-refractivity contribution in [2.75, 3.05) is 13.2 Å². The topological polar surface area (TPSA) is 51.7 Å². The van der Waals surface area contributed by atoms with Crippen molar-refractivity contribution in [3.63, 3.8) is 0 Å². The molecule has 1 aromatic rings. The van der Waals surface area contributed by atoms with E-state index >= 15 is 0 Å². The van der Waals surface area contributed by atoms with Crippen molar-refractivity contribution in [2.24, 2.45) is 0 Å². The van der Waals surface area contributed by atoms with E-state index in [4.69, 9.17) is 9.47 Å². The summed E-state index contributed by atoms with van der Waals surface area (Å²) in [7, 11) is 0. The van der Waals surface area contributed by atoms with Crippen molar-refractivity contribution in [3.8, 4) is 5.75 Å². The summed E-state index contributed by atoms with van der Waals surface area (Å²) in [4.78, 5) is 25.2. The molecular formula is C17H28N2O3Sn. The van der Waals surface area contributed by atoms with Gasteiger partial charge in [0.25, 0.3) is 0 Å². The molecule has 0 spiro atoms. The van der Waals surface area contributed by atoms with Gasteiger partial charge in [-0.2, -0.15) is 0 Å². The van der Waals surface area contributed by atoms with Crippen LogP contribution in [0, 0.1) is 0 Å². The molecule has 0 unspecified atom stereocenters. The van der Waals surface area contributed by atoms with Crippen LogP contribution in [0.25, 0.3) is 0 Å². The predicted octanol–water partition coefficient (Wildman–Crippen LogP) is 3.02. The minimum absolute atomic E-state index is 0.0895. The Morgan fingerprint density at radius 1 is 1.35 bits per heavy atom. The molecule has 0 N–H and O–H groups in total. The van der Waals surface area contributed by atoms with E-state index < -0.39 is 24.0 Å². The molecule has 2 heterocycles. The van der Waals surface area contributed by atoms with Gasteiger partial charge in [0, 0.05) is 0 Å². The fourth-order valence-corrected chi connectivity index (χ4v) is 5.24. The number of hydrogen-bond donors (Lipinski definition) is 0. The van der Waals surface area contributed by atoms with E-state index in [1.807, 2.05) is 27.0 Å². The van der Waals surface area contributed by atoms with Crippen molar-refractivity contribution in [1.82, 2.24) is 9.88 Å². The Labute approximate surface area is 143 Å². The fourth-order valence-electron chi connectivity index (χ4n) is 2.28. The normalized spacial score (nSPS) is 18.3. The van der Waals surface area contributed by atoms with Gasteiger partial charge >= 0.3 is 143 Å². The van der Waals surface area contributed by atoms with Crippen LogP contribution in [-0.2, 0) is 4.74 Å². The first-order valence-corrected chi connectivity index (χ1v) is 18.1. The van der Waals surface area contributed by atoms with Crippen LogP contribution in [0.15, 0.2) is 18.5 Å². The monoisotopic (exact) mass is 428 g/mol. The summed E-state index contributed by atoms with van der Waals surface area (Å²) in [5.74, 6) is 0.796. The predicted molar refractivity (Wildman–Crippen MR) is 94.1 cm³/mol. The van der Waals surface area contributed by atoms with E-state index in [1.54, 1.807) is 11.1 Å². The molecular weight excluding hydrogens is 399 g/mol. The first kappa shape index (κ1) is 18.4. The zero-order chi connectivity index (χ0) is 17.3. The molecule has 1 amide bonds. The molecule has 0 aromatic carbocycles. The van der Waals surface area contributed by atoms with Crippen LogP contribution in [-0.4, -0.2) is 59.1 Å². The van der Waals surface area contributed by atoms with Gasteiger partial charge in [0.15, 0.2) is 0 Å². The van der Waals surface area contributed by atoms with Crippen LogP contribution >= 0.6 is 0 Å². The van der Waals surface area contributed by atoms with Gasteiger partial charge in [0.1, 0.15) is 0 Å². The summed E-state index contributed by atoms with van der Waals surface area (Å²) >= 11 is -2.13. The molecule has 1 aromatic heterocycles. The molecule has 0 saturated carbocycles. The van der Waals surface area contributed by atoms with Crippen molar-refractivity contribution in [2.45, 2.75) is 53.7 Å². The minimum atomic E-state index is -2.13. The number of carbonyl (C=O) groups is 1. The van der Waals surface area contributed by atoms with E-state index in [9.17, 15) is 4.79 Å². The van der Waals surface area contributed by atoms with E-state index in [0.29, 0.717) is 6.61 Å². The van der Waals surface area contributed by atoms with E-state index in [2.05, 4.69) is 25.9 Å². The van der Waals surface area contributed by atoms with Gasteiger partial charge in [0.2, 0.25) is 0 Å². The van der Waals surface area contributed by atoms with E-state index in [-0.39, 0.29) is 12.1 Å². The number of ether oxygens (including phenoxy) is 2. The SMILES string of the molecule is CC(C)(C)OC(=O)N1CC[C@@H]1COc1cnc[c]([Sn]([CH3])([CH3])[CH3])c1. The zero-order valence-electron chi connectivity index (χ0n) is 15.0. The number of likely N-dealkylation sites (tertiary alicyclic amines) is 1. The number of rotatable bonds is 4. The number of pyridine rings is 1. The first-order valence-electron chi connectivity index (χ1n) is 8.14. The van der Waals surface area contributed by atoms with Gasteiger partial charge in [-0.25, -0.2) is 0 Å². The average molecular weight is 427 g/mol. The number of carbonyl (C=O) groups excluding carboxylic acids is 1. The van der Waals surface area contributed by atoms with Crippen molar-refractivity contribution >= 4 is 28.0 Å². The number of aromatic nitrogens is 1. The zero-order valence-corrected chi connectivity index (χ0v) is 17.9. The molecule has 2 rings (SSSR count). The molecule has 1 atom stereocenters. The molecule has 0 radical (unpaired) electrons. The summed E-state index contributed by atoms with van der Waals surface area (Å²) in [6, 6.07) is 2.20. The molecule has 1 fully saturated rings. The molecule has 0 bridgehead atoms. The molecule has 1 aliphatic rings. The van der Waals surface area contributed by atoms with Gasteiger partial charge in [0.05, 0.1) is 0 Å². The Kier molecular flexibility index (Phi) is 5.48. The third-order valence-electron chi connectivity index (χ3n) is 3.79. The molecule has 23 heavy (non-hydrogen) atoms. The van der Waals surface area contributed by atoms with Gasteiger partial charge < -0.3 is 0 Å². The van der Waals surface area contributed by atoms with Gasteiger partial charge in [-0.15, -0.1) is 0 Å². The van der Waals surface area contributed by atoms with E-state index in [1.165, 1.54) is 3.58 Å². The second-order valence-electron chi connectivity index (χ2n) is 8.09. The van der Waals surface area contributed by atoms with Gasteiger partial charge in [-0.05, 0) is 0 Å². The number of nitrogens with zero attached hydrogens (tertiary/aromatic N) is 2. The quantitative estimate of drug-likeness (QED) is 0.694. The van der Waals surface area contributed by atoms with Crippen molar-refractivity contribution < 1.29 is 14.3 Å². The third-order valence-corrected chi connectivity index (χ3v) is 9.52. The number of hydrogen-bond acceptors (Lipinski definition) is 4. The summed E-state index contributed by atoms with van der Waals surface area (Å²) in [5, 5.41) is 0. The Morgan fingerprint density at radius 2 is 2.04 bits per heavy atom. The molecule has 6 heteroatoms. The summed E-state index contributed by atoms with van der Waals surface area (Å²) < 4.78 is 12.6.